The van der Waals surface area contributed by atoms with Gasteiger partial charge in [0, 0.05) is 15.6 Å². The maximum absolute atomic E-state index is 13.4. The van der Waals surface area contributed by atoms with Crippen LogP contribution in [0.15, 0.2) is 88.8 Å². The molecule has 174 valence electrons. The fourth-order valence-electron chi connectivity index (χ4n) is 3.14. The van der Waals surface area contributed by atoms with E-state index >= 15 is 0 Å². The molecule has 0 fully saturated rings. The monoisotopic (exact) mass is 517 g/mol. The van der Waals surface area contributed by atoms with Gasteiger partial charge in [-0.15, -0.1) is 0 Å². The Balaban J connectivity index is 1.61. The fraction of sp³-hybridized carbons (Fsp3) is 0.0435. The lowest BCUT2D eigenvalue weighted by Crippen LogP contribution is -2.36. The van der Waals surface area contributed by atoms with Crippen LogP contribution in [0.5, 0.6) is 0 Å². The van der Waals surface area contributed by atoms with Crippen molar-refractivity contribution in [3.8, 4) is 16.9 Å². The highest BCUT2D eigenvalue weighted by atomic mass is 35.5. The van der Waals surface area contributed by atoms with E-state index in [4.69, 9.17) is 28.9 Å². The average Bonchev–Trinajstić information content (AvgIpc) is 3.23. The number of nitrogens with zero attached hydrogens (tertiary/aromatic N) is 3. The first-order valence-corrected chi connectivity index (χ1v) is 12.1. The summed E-state index contributed by atoms with van der Waals surface area (Å²) in [5.41, 5.74) is 8.72. The average molecular weight is 518 g/mol. The minimum Gasteiger partial charge on any atom is -0.369 e. The first-order chi connectivity index (χ1) is 16.2. The van der Waals surface area contributed by atoms with Crippen LogP contribution in [0.4, 0.5) is 4.39 Å². The third kappa shape index (κ3) is 5.56. The van der Waals surface area contributed by atoms with Crippen molar-refractivity contribution in [3.05, 3.63) is 100 Å². The van der Waals surface area contributed by atoms with Gasteiger partial charge < -0.3 is 5.73 Å². The van der Waals surface area contributed by atoms with Crippen LogP contribution in [0.3, 0.4) is 0 Å². The first kappa shape index (κ1) is 23.7. The molecule has 0 spiro atoms. The molecule has 0 aliphatic rings. The van der Waals surface area contributed by atoms with Crippen LogP contribution in [-0.4, -0.2) is 24.2 Å². The van der Waals surface area contributed by atoms with E-state index < -0.39 is 15.8 Å². The summed E-state index contributed by atoms with van der Waals surface area (Å²) in [5, 5.41) is 5.79. The zero-order chi connectivity index (χ0) is 24.3. The second-order valence-electron chi connectivity index (χ2n) is 7.18. The Morgan fingerprint density at radius 2 is 1.65 bits per heavy atom. The van der Waals surface area contributed by atoms with Crippen molar-refractivity contribution in [3.63, 3.8) is 0 Å². The fourth-order valence-corrected chi connectivity index (χ4v) is 4.38. The van der Waals surface area contributed by atoms with Crippen molar-refractivity contribution in [1.29, 1.82) is 0 Å². The highest BCUT2D eigenvalue weighted by Gasteiger charge is 2.16. The number of nitrogens with two attached hydrogens (primary N) is 1. The molecule has 4 aromatic rings. The molecule has 0 aliphatic carbocycles. The van der Waals surface area contributed by atoms with E-state index in [0.717, 1.165) is 29.1 Å². The number of sulfonamides is 1. The van der Waals surface area contributed by atoms with Crippen molar-refractivity contribution in [2.45, 2.75) is 11.4 Å². The molecule has 0 amide bonds. The van der Waals surface area contributed by atoms with Crippen LogP contribution in [0.2, 0.25) is 10.0 Å². The van der Waals surface area contributed by atoms with Gasteiger partial charge in [-0.2, -0.15) is 5.10 Å². The number of hydrogen-bond acceptors (Lipinski definition) is 4. The van der Waals surface area contributed by atoms with Crippen LogP contribution >= 0.6 is 23.2 Å². The number of hydrogen-bond donors (Lipinski definition) is 2. The standard InChI is InChI=1S/C23H18Cl2FN5O2S/c24-16-6-4-15(5-7-16)22-13-19(29-31(22)20-10-8-17(25)9-11-20)14-28-23(27)30-34(32,33)21-3-1-2-18(26)12-21/h1-13H,14H2,(H3,27,28,30). The lowest BCUT2D eigenvalue weighted by Gasteiger charge is -2.08. The Morgan fingerprint density at radius 1 is 1.00 bits per heavy atom. The number of rotatable bonds is 6. The summed E-state index contributed by atoms with van der Waals surface area (Å²) in [6.07, 6.45) is 0. The molecular weight excluding hydrogens is 500 g/mol. The molecule has 4 rings (SSSR count). The maximum atomic E-state index is 13.4. The van der Waals surface area contributed by atoms with Crippen LogP contribution in [0.25, 0.3) is 16.9 Å². The summed E-state index contributed by atoms with van der Waals surface area (Å²) < 4.78 is 42.1. The molecule has 7 nitrogen and oxygen atoms in total. The van der Waals surface area contributed by atoms with Gasteiger partial charge in [-0.1, -0.05) is 41.4 Å². The van der Waals surface area contributed by atoms with Crippen molar-refractivity contribution >= 4 is 39.2 Å². The summed E-state index contributed by atoms with van der Waals surface area (Å²) in [5.74, 6) is -1.03. The lowest BCUT2D eigenvalue weighted by molar-refractivity contribution is 0.587. The van der Waals surface area contributed by atoms with E-state index in [1.54, 1.807) is 28.9 Å². The summed E-state index contributed by atoms with van der Waals surface area (Å²) >= 11 is 12.0. The number of aliphatic imine (C=N–C) groups is 1. The van der Waals surface area contributed by atoms with E-state index in [1.165, 1.54) is 12.1 Å². The third-order valence-electron chi connectivity index (χ3n) is 4.73. The van der Waals surface area contributed by atoms with E-state index in [-0.39, 0.29) is 17.4 Å². The van der Waals surface area contributed by atoms with Gasteiger partial charge in [0.2, 0.25) is 5.96 Å². The molecular formula is C23H18Cl2FN5O2S. The molecule has 0 bridgehead atoms. The van der Waals surface area contributed by atoms with Crippen LogP contribution in [0.1, 0.15) is 5.69 Å². The molecule has 11 heteroatoms. The van der Waals surface area contributed by atoms with Crippen molar-refractivity contribution in [1.82, 2.24) is 14.5 Å². The predicted molar refractivity (Wildman–Crippen MR) is 131 cm³/mol. The van der Waals surface area contributed by atoms with Gasteiger partial charge in [0.05, 0.1) is 28.5 Å². The summed E-state index contributed by atoms with van der Waals surface area (Å²) in [7, 11) is -4.08. The van der Waals surface area contributed by atoms with Gasteiger partial charge in [-0.05, 0) is 60.7 Å². The third-order valence-corrected chi connectivity index (χ3v) is 6.58. The van der Waals surface area contributed by atoms with Crippen molar-refractivity contribution in [2.24, 2.45) is 10.7 Å². The highest BCUT2D eigenvalue weighted by Crippen LogP contribution is 2.26. The highest BCUT2D eigenvalue weighted by molar-refractivity contribution is 7.90. The molecule has 0 radical (unpaired) electrons. The predicted octanol–water partition coefficient (Wildman–Crippen LogP) is 4.78. The summed E-state index contributed by atoms with van der Waals surface area (Å²) in [6, 6.07) is 20.8. The Bertz CT molecular complexity index is 1390. The number of nitrogens with one attached hydrogen (secondary N) is 1. The van der Waals surface area contributed by atoms with Gasteiger partial charge in [-0.25, -0.2) is 27.2 Å². The summed E-state index contributed by atoms with van der Waals surface area (Å²) in [4.78, 5) is 3.83. The molecule has 0 unspecified atom stereocenters. The zero-order valence-electron chi connectivity index (χ0n) is 17.5. The quantitative estimate of drug-likeness (QED) is 0.283. The second-order valence-corrected chi connectivity index (χ2v) is 9.74. The molecule has 0 aliphatic heterocycles. The summed E-state index contributed by atoms with van der Waals surface area (Å²) in [6.45, 7) is -0.00131. The molecule has 1 aromatic heterocycles. The van der Waals surface area contributed by atoms with Crippen LogP contribution < -0.4 is 10.5 Å². The van der Waals surface area contributed by atoms with E-state index in [2.05, 4.69) is 14.8 Å². The Hall–Kier alpha value is -3.40. The van der Waals surface area contributed by atoms with Crippen molar-refractivity contribution < 1.29 is 12.8 Å². The smallest absolute Gasteiger partial charge is 0.264 e. The van der Waals surface area contributed by atoms with Gasteiger partial charge in [0.1, 0.15) is 5.82 Å². The molecule has 0 saturated heterocycles. The lowest BCUT2D eigenvalue weighted by atomic mass is 10.1. The van der Waals surface area contributed by atoms with Gasteiger partial charge in [0.15, 0.2) is 0 Å². The van der Waals surface area contributed by atoms with Gasteiger partial charge in [0.25, 0.3) is 10.0 Å². The molecule has 1 heterocycles. The maximum Gasteiger partial charge on any atom is 0.264 e. The molecule has 0 atom stereocenters. The van der Waals surface area contributed by atoms with Gasteiger partial charge in [-0.3, -0.25) is 0 Å². The Morgan fingerprint density at radius 3 is 2.29 bits per heavy atom. The first-order valence-electron chi connectivity index (χ1n) is 9.90. The number of guanidine groups is 1. The van der Waals surface area contributed by atoms with Crippen LogP contribution in [0, 0.1) is 5.82 Å². The number of aromatic nitrogens is 2. The van der Waals surface area contributed by atoms with E-state index in [0.29, 0.717) is 15.7 Å². The normalized spacial score (nSPS) is 12.0. The SMILES string of the molecule is NC(=NCc1cc(-c2ccc(Cl)cc2)n(-c2ccc(Cl)cc2)n1)NS(=O)(=O)c1cccc(F)c1. The topological polar surface area (TPSA) is 102 Å². The largest absolute Gasteiger partial charge is 0.369 e. The molecule has 3 N–H and O–H groups in total. The molecule has 34 heavy (non-hydrogen) atoms. The molecule has 0 saturated carbocycles. The number of halogens is 3. The Labute approximate surface area is 205 Å². The minimum atomic E-state index is -4.08. The Kier molecular flexibility index (Phi) is 6.87. The van der Waals surface area contributed by atoms with Gasteiger partial charge >= 0.3 is 0 Å². The van der Waals surface area contributed by atoms with Crippen LogP contribution in [-0.2, 0) is 16.6 Å². The van der Waals surface area contributed by atoms with Crippen molar-refractivity contribution in [2.75, 3.05) is 0 Å². The zero-order valence-corrected chi connectivity index (χ0v) is 19.8. The minimum absolute atomic E-state index is 0.00131. The second kappa shape index (κ2) is 9.84. The molecule has 3 aromatic carbocycles. The van der Waals surface area contributed by atoms with E-state index in [9.17, 15) is 12.8 Å². The van der Waals surface area contributed by atoms with E-state index in [1.807, 2.05) is 30.3 Å². The number of benzene rings is 3.